The number of carbonyl (C=O) groups is 1. The molecule has 0 radical (unpaired) electrons. The fraction of sp³-hybridized carbons (Fsp3) is 0.545. The van der Waals surface area contributed by atoms with Crippen LogP contribution in [0.25, 0.3) is 0 Å². The summed E-state index contributed by atoms with van der Waals surface area (Å²) in [4.78, 5) is 11.4. The second-order valence-corrected chi connectivity index (χ2v) is 3.83. The molecule has 0 saturated carbocycles. The molecule has 0 aliphatic carbocycles. The average Bonchev–Trinajstić information content (AvgIpc) is 2.69. The highest BCUT2D eigenvalue weighted by atomic mass is 16.5. The van der Waals surface area contributed by atoms with Crippen LogP contribution in [0.2, 0.25) is 0 Å². The van der Waals surface area contributed by atoms with Crippen LogP contribution in [0.3, 0.4) is 0 Å². The molecule has 0 amide bonds. The number of rotatable bonds is 4. The van der Waals surface area contributed by atoms with E-state index in [-0.39, 0.29) is 11.8 Å². The number of methoxy groups -OCH3 is 1. The van der Waals surface area contributed by atoms with Crippen LogP contribution in [-0.2, 0) is 9.53 Å². The first-order chi connectivity index (χ1) is 7.07. The van der Waals surface area contributed by atoms with Crippen LogP contribution in [0.5, 0.6) is 0 Å². The van der Waals surface area contributed by atoms with E-state index in [1.165, 1.54) is 7.11 Å². The van der Waals surface area contributed by atoms with Gasteiger partial charge in [-0.25, -0.2) is 0 Å². The summed E-state index contributed by atoms with van der Waals surface area (Å²) in [5.41, 5.74) is 5.83. The van der Waals surface area contributed by atoms with E-state index < -0.39 is 12.0 Å². The second kappa shape index (κ2) is 4.98. The lowest BCUT2D eigenvalue weighted by molar-refractivity contribution is -0.143. The Labute approximate surface area is 89.4 Å². The van der Waals surface area contributed by atoms with Crippen molar-refractivity contribution in [2.24, 2.45) is 11.7 Å². The first kappa shape index (κ1) is 11.8. The zero-order valence-electron chi connectivity index (χ0n) is 9.27. The summed E-state index contributed by atoms with van der Waals surface area (Å²) in [6, 6.07) is 2.93. The first-order valence-corrected chi connectivity index (χ1v) is 4.94. The largest absolute Gasteiger partial charge is 0.469 e. The lowest BCUT2D eigenvalue weighted by atomic mass is 9.87. The Morgan fingerprint density at radius 1 is 1.53 bits per heavy atom. The first-order valence-electron chi connectivity index (χ1n) is 4.94. The van der Waals surface area contributed by atoms with Gasteiger partial charge in [0.1, 0.15) is 11.8 Å². The Kier molecular flexibility index (Phi) is 3.91. The number of furan rings is 1. The normalized spacial score (nSPS) is 15.0. The third-order valence-corrected chi connectivity index (χ3v) is 2.45. The van der Waals surface area contributed by atoms with Crippen molar-refractivity contribution in [3.63, 3.8) is 0 Å². The van der Waals surface area contributed by atoms with Gasteiger partial charge in [0.15, 0.2) is 0 Å². The van der Waals surface area contributed by atoms with Crippen molar-refractivity contribution in [1.82, 2.24) is 0 Å². The third kappa shape index (κ3) is 2.59. The Morgan fingerprint density at radius 3 is 2.60 bits per heavy atom. The highest BCUT2D eigenvalue weighted by molar-refractivity contribution is 5.76. The minimum atomic E-state index is -0.679. The Hall–Kier alpha value is -1.29. The van der Waals surface area contributed by atoms with Crippen LogP contribution >= 0.6 is 0 Å². The van der Waals surface area contributed by atoms with Gasteiger partial charge in [0.05, 0.1) is 13.4 Å². The molecule has 0 saturated heterocycles. The molecule has 1 heterocycles. The van der Waals surface area contributed by atoms with E-state index in [0.717, 1.165) is 5.76 Å². The lowest BCUT2D eigenvalue weighted by Crippen LogP contribution is -2.39. The molecule has 1 aromatic rings. The van der Waals surface area contributed by atoms with Gasteiger partial charge in [0.2, 0.25) is 0 Å². The summed E-state index contributed by atoms with van der Waals surface area (Å²) in [7, 11) is 1.34. The SMILES string of the molecule is COC(=O)C(N)C(c1ccco1)C(C)C. The van der Waals surface area contributed by atoms with E-state index in [0.29, 0.717) is 0 Å². The zero-order chi connectivity index (χ0) is 11.4. The van der Waals surface area contributed by atoms with Crippen LogP contribution in [0.1, 0.15) is 25.5 Å². The molecule has 15 heavy (non-hydrogen) atoms. The third-order valence-electron chi connectivity index (χ3n) is 2.45. The monoisotopic (exact) mass is 211 g/mol. The molecular formula is C11H17NO3. The van der Waals surface area contributed by atoms with Crippen LogP contribution in [0.4, 0.5) is 0 Å². The fourth-order valence-corrected chi connectivity index (χ4v) is 1.68. The number of nitrogens with two attached hydrogens (primary N) is 1. The van der Waals surface area contributed by atoms with Gasteiger partial charge >= 0.3 is 5.97 Å². The average molecular weight is 211 g/mol. The van der Waals surface area contributed by atoms with Crippen molar-refractivity contribution in [2.75, 3.05) is 7.11 Å². The molecule has 0 fully saturated rings. The Bertz CT molecular complexity index is 306. The van der Waals surface area contributed by atoms with Crippen molar-refractivity contribution in [3.05, 3.63) is 24.2 Å². The molecule has 4 nitrogen and oxygen atoms in total. The maximum atomic E-state index is 11.4. The van der Waals surface area contributed by atoms with Crippen LogP contribution in [0.15, 0.2) is 22.8 Å². The van der Waals surface area contributed by atoms with E-state index in [4.69, 9.17) is 10.2 Å². The van der Waals surface area contributed by atoms with Crippen LogP contribution < -0.4 is 5.73 Å². The van der Waals surface area contributed by atoms with Crippen LogP contribution in [-0.4, -0.2) is 19.1 Å². The number of hydrogen-bond acceptors (Lipinski definition) is 4. The topological polar surface area (TPSA) is 65.5 Å². The van der Waals surface area contributed by atoms with E-state index in [9.17, 15) is 4.79 Å². The smallest absolute Gasteiger partial charge is 0.323 e. The maximum absolute atomic E-state index is 11.4. The maximum Gasteiger partial charge on any atom is 0.323 e. The summed E-state index contributed by atoms with van der Waals surface area (Å²) in [5, 5.41) is 0. The van der Waals surface area contributed by atoms with Gasteiger partial charge in [-0.2, -0.15) is 0 Å². The minimum absolute atomic E-state index is 0.146. The lowest BCUT2D eigenvalue weighted by Gasteiger charge is -2.23. The van der Waals surface area contributed by atoms with E-state index in [2.05, 4.69) is 4.74 Å². The van der Waals surface area contributed by atoms with Gasteiger partial charge in [0, 0.05) is 5.92 Å². The van der Waals surface area contributed by atoms with Gasteiger partial charge in [-0.3, -0.25) is 4.79 Å². The van der Waals surface area contributed by atoms with Gasteiger partial charge < -0.3 is 14.9 Å². The van der Waals surface area contributed by atoms with E-state index in [1.807, 2.05) is 19.9 Å². The fourth-order valence-electron chi connectivity index (χ4n) is 1.68. The predicted octanol–water partition coefficient (Wildman–Crippen LogP) is 1.52. The van der Waals surface area contributed by atoms with Gasteiger partial charge in [0.25, 0.3) is 0 Å². The van der Waals surface area contributed by atoms with Crippen molar-refractivity contribution >= 4 is 5.97 Å². The highest BCUT2D eigenvalue weighted by Gasteiger charge is 2.31. The summed E-state index contributed by atoms with van der Waals surface area (Å²) in [6.45, 7) is 3.99. The quantitative estimate of drug-likeness (QED) is 0.767. The Balaban J connectivity index is 2.88. The second-order valence-electron chi connectivity index (χ2n) is 3.83. The van der Waals surface area contributed by atoms with E-state index in [1.54, 1.807) is 12.3 Å². The molecule has 2 N–H and O–H groups in total. The summed E-state index contributed by atoms with van der Waals surface area (Å²) >= 11 is 0. The van der Waals surface area contributed by atoms with Crippen LogP contribution in [0, 0.1) is 5.92 Å². The van der Waals surface area contributed by atoms with E-state index >= 15 is 0 Å². The Morgan fingerprint density at radius 2 is 2.20 bits per heavy atom. The van der Waals surface area contributed by atoms with Gasteiger partial charge in [-0.15, -0.1) is 0 Å². The number of esters is 1. The molecule has 0 spiro atoms. The predicted molar refractivity (Wildman–Crippen MR) is 56.3 cm³/mol. The minimum Gasteiger partial charge on any atom is -0.469 e. The van der Waals surface area contributed by atoms with Crippen molar-refractivity contribution in [2.45, 2.75) is 25.8 Å². The van der Waals surface area contributed by atoms with Crippen molar-refractivity contribution < 1.29 is 13.9 Å². The molecule has 2 unspecified atom stereocenters. The van der Waals surface area contributed by atoms with Gasteiger partial charge in [-0.05, 0) is 18.1 Å². The molecule has 0 aliphatic rings. The van der Waals surface area contributed by atoms with Crippen molar-refractivity contribution in [3.8, 4) is 0 Å². The molecule has 0 aromatic carbocycles. The molecule has 1 aromatic heterocycles. The standard InChI is InChI=1S/C11H17NO3/c1-7(2)9(8-5-4-6-15-8)10(12)11(13)14-3/h4-7,9-10H,12H2,1-3H3. The molecule has 0 bridgehead atoms. The number of hydrogen-bond donors (Lipinski definition) is 1. The highest BCUT2D eigenvalue weighted by Crippen LogP contribution is 2.27. The molecule has 4 heteroatoms. The summed E-state index contributed by atoms with van der Waals surface area (Å²) < 4.78 is 9.92. The number of carbonyl (C=O) groups excluding carboxylic acids is 1. The molecule has 2 atom stereocenters. The zero-order valence-corrected chi connectivity index (χ0v) is 9.27. The number of ether oxygens (including phenoxy) is 1. The molecule has 84 valence electrons. The summed E-state index contributed by atoms with van der Waals surface area (Å²) in [6.07, 6.45) is 1.58. The molecule has 0 aliphatic heterocycles. The van der Waals surface area contributed by atoms with Crippen molar-refractivity contribution in [1.29, 1.82) is 0 Å². The molecule has 1 rings (SSSR count). The van der Waals surface area contributed by atoms with Gasteiger partial charge in [-0.1, -0.05) is 13.8 Å². The summed E-state index contributed by atoms with van der Waals surface area (Å²) in [5.74, 6) is 0.380. The molecular weight excluding hydrogens is 194 g/mol.